The predicted molar refractivity (Wildman–Crippen MR) is 77.6 cm³/mol. The first-order valence-electron chi connectivity index (χ1n) is 5.53. The lowest BCUT2D eigenvalue weighted by molar-refractivity contribution is 1.12. The van der Waals surface area contributed by atoms with Crippen molar-refractivity contribution in [3.63, 3.8) is 0 Å². The highest BCUT2D eigenvalue weighted by Gasteiger charge is 2.18. The van der Waals surface area contributed by atoms with E-state index in [2.05, 4.69) is 55.7 Å². The molecule has 1 aromatic heterocycles. The molecule has 2 heterocycles. The normalized spacial score (nSPS) is 12.9. The van der Waals surface area contributed by atoms with Crippen LogP contribution in [0.1, 0.15) is 0 Å². The average Bonchev–Trinajstić information content (AvgIpc) is 2.67. The molecule has 0 spiro atoms. The summed E-state index contributed by atoms with van der Waals surface area (Å²) in [4.78, 5) is 2.43. The van der Waals surface area contributed by atoms with Gasteiger partial charge in [-0.25, -0.2) is 0 Å². The van der Waals surface area contributed by atoms with Crippen molar-refractivity contribution in [2.24, 2.45) is 0 Å². The second kappa shape index (κ2) is 3.76. The summed E-state index contributed by atoms with van der Waals surface area (Å²) in [6.45, 7) is 0. The molecule has 18 heavy (non-hydrogen) atoms. The van der Waals surface area contributed by atoms with Crippen LogP contribution in [-0.2, 0) is 0 Å². The number of hydrogen-bond donors (Lipinski definition) is 2. The van der Waals surface area contributed by atoms with Gasteiger partial charge in [0.1, 0.15) is 0 Å². The Kier molecular flexibility index (Phi) is 2.19. The van der Waals surface area contributed by atoms with Crippen molar-refractivity contribution in [1.82, 2.24) is 10.2 Å². The highest BCUT2D eigenvalue weighted by Crippen LogP contribution is 2.44. The smallest absolute Gasteiger partial charge is 0.161 e. The predicted octanol–water partition coefficient (Wildman–Crippen LogP) is 4.53. The van der Waals surface area contributed by atoms with Gasteiger partial charge in [-0.05, 0) is 24.3 Å². The lowest BCUT2D eigenvalue weighted by atomic mass is 10.2. The monoisotopic (exact) mass is 317 g/mol. The lowest BCUT2D eigenvalue weighted by Gasteiger charge is -2.05. The molecule has 0 saturated carbocycles. The zero-order chi connectivity index (χ0) is 12.1. The van der Waals surface area contributed by atoms with Crippen LogP contribution < -0.4 is 5.32 Å². The fraction of sp³-hybridized carbons (Fsp3) is 0. The maximum Gasteiger partial charge on any atom is 0.161 e. The van der Waals surface area contributed by atoms with Gasteiger partial charge in [-0.3, -0.25) is 5.10 Å². The summed E-state index contributed by atoms with van der Waals surface area (Å²) in [5, 5.41) is 12.0. The fourth-order valence-electron chi connectivity index (χ4n) is 2.16. The summed E-state index contributed by atoms with van der Waals surface area (Å²) in [5.74, 6) is 0.893. The molecular weight excluding hydrogens is 310 g/mol. The third kappa shape index (κ3) is 1.47. The molecule has 0 fully saturated rings. The molecule has 88 valence electrons. The summed E-state index contributed by atoms with van der Waals surface area (Å²) in [6, 6.07) is 12.5. The van der Waals surface area contributed by atoms with Crippen molar-refractivity contribution in [2.75, 3.05) is 5.32 Å². The third-order valence-corrected chi connectivity index (χ3v) is 4.53. The maximum absolute atomic E-state index is 4.36. The molecule has 4 rings (SSSR count). The molecule has 5 heteroatoms. The molecule has 2 N–H and O–H groups in total. The number of rotatable bonds is 0. The van der Waals surface area contributed by atoms with Gasteiger partial charge >= 0.3 is 0 Å². The molecular formula is C13H8BrN3S. The van der Waals surface area contributed by atoms with Crippen molar-refractivity contribution in [3.05, 3.63) is 40.9 Å². The Labute approximate surface area is 116 Å². The van der Waals surface area contributed by atoms with Crippen LogP contribution in [0.25, 0.3) is 10.9 Å². The van der Waals surface area contributed by atoms with Gasteiger partial charge in [0.2, 0.25) is 0 Å². The van der Waals surface area contributed by atoms with Crippen LogP contribution in [0, 0.1) is 0 Å². The van der Waals surface area contributed by atoms with Crippen molar-refractivity contribution in [2.45, 2.75) is 9.79 Å². The first-order chi connectivity index (χ1) is 8.81. The Morgan fingerprint density at radius 1 is 1.11 bits per heavy atom. The topological polar surface area (TPSA) is 40.7 Å². The zero-order valence-corrected chi connectivity index (χ0v) is 11.6. The molecule has 0 amide bonds. The van der Waals surface area contributed by atoms with Crippen molar-refractivity contribution >= 4 is 50.1 Å². The number of benzene rings is 2. The van der Waals surface area contributed by atoms with E-state index in [1.165, 1.54) is 9.79 Å². The zero-order valence-electron chi connectivity index (χ0n) is 9.20. The van der Waals surface area contributed by atoms with E-state index in [0.29, 0.717) is 0 Å². The molecule has 3 aromatic rings. The van der Waals surface area contributed by atoms with Gasteiger partial charge in [-0.1, -0.05) is 39.8 Å². The molecule has 3 nitrogen and oxygen atoms in total. The van der Waals surface area contributed by atoms with Crippen LogP contribution in [0.5, 0.6) is 0 Å². The van der Waals surface area contributed by atoms with Crippen molar-refractivity contribution in [1.29, 1.82) is 0 Å². The van der Waals surface area contributed by atoms with E-state index in [1.807, 2.05) is 12.1 Å². The number of nitrogens with one attached hydrogen (secondary N) is 2. The maximum atomic E-state index is 4.36. The number of nitrogens with zero attached hydrogens (tertiary/aromatic N) is 1. The standard InChI is InChI=1S/C13H8BrN3S/c14-7-5-9-12-11(6-7)18-10-4-2-1-3-8(10)15-13(12)17-16-9/h1-6H,(H2,15,16,17). The van der Waals surface area contributed by atoms with Crippen LogP contribution in [0.4, 0.5) is 11.5 Å². The SMILES string of the molecule is Brc1cc2c3c(n[nH]c3c1)Nc1ccccc1S2. The lowest BCUT2D eigenvalue weighted by Crippen LogP contribution is -1.90. The molecule has 1 aliphatic rings. The Morgan fingerprint density at radius 3 is 2.94 bits per heavy atom. The second-order valence-electron chi connectivity index (χ2n) is 4.12. The number of aromatic nitrogens is 2. The van der Waals surface area contributed by atoms with E-state index in [9.17, 15) is 0 Å². The van der Waals surface area contributed by atoms with E-state index in [1.54, 1.807) is 11.8 Å². The minimum Gasteiger partial charge on any atom is -0.337 e. The van der Waals surface area contributed by atoms with E-state index in [-0.39, 0.29) is 0 Å². The van der Waals surface area contributed by atoms with Gasteiger partial charge in [0.05, 0.1) is 16.6 Å². The molecule has 0 unspecified atom stereocenters. The first-order valence-corrected chi connectivity index (χ1v) is 7.14. The highest BCUT2D eigenvalue weighted by atomic mass is 79.9. The molecule has 2 aromatic carbocycles. The quantitative estimate of drug-likeness (QED) is 0.500. The first kappa shape index (κ1) is 10.5. The summed E-state index contributed by atoms with van der Waals surface area (Å²) in [7, 11) is 0. The second-order valence-corrected chi connectivity index (χ2v) is 6.12. The number of anilines is 2. The minimum absolute atomic E-state index is 0.893. The van der Waals surface area contributed by atoms with Gasteiger partial charge in [0.15, 0.2) is 5.82 Å². The van der Waals surface area contributed by atoms with Gasteiger partial charge in [0, 0.05) is 14.3 Å². The Balaban J connectivity index is 2.06. The summed E-state index contributed by atoms with van der Waals surface area (Å²) >= 11 is 5.30. The van der Waals surface area contributed by atoms with Crippen molar-refractivity contribution < 1.29 is 0 Å². The fourth-order valence-corrected chi connectivity index (χ4v) is 3.88. The van der Waals surface area contributed by atoms with E-state index in [4.69, 9.17) is 0 Å². The van der Waals surface area contributed by atoms with Crippen LogP contribution in [0.3, 0.4) is 0 Å². The highest BCUT2D eigenvalue weighted by molar-refractivity contribution is 9.10. The Bertz CT molecular complexity index is 766. The number of H-pyrrole nitrogens is 1. The van der Waals surface area contributed by atoms with Gasteiger partial charge < -0.3 is 5.32 Å². The number of hydrogen-bond acceptors (Lipinski definition) is 3. The van der Waals surface area contributed by atoms with Crippen LogP contribution in [0.2, 0.25) is 0 Å². The summed E-state index contributed by atoms with van der Waals surface area (Å²) in [5.41, 5.74) is 2.14. The largest absolute Gasteiger partial charge is 0.337 e. The molecule has 0 saturated heterocycles. The van der Waals surface area contributed by atoms with E-state index >= 15 is 0 Å². The summed E-state index contributed by atoms with van der Waals surface area (Å²) in [6.07, 6.45) is 0. The number of aromatic amines is 1. The molecule has 0 atom stereocenters. The van der Waals surface area contributed by atoms with Crippen LogP contribution >= 0.6 is 27.7 Å². The molecule has 1 aliphatic heterocycles. The third-order valence-electron chi connectivity index (χ3n) is 2.95. The number of para-hydroxylation sites is 1. The summed E-state index contributed by atoms with van der Waals surface area (Å²) < 4.78 is 1.06. The van der Waals surface area contributed by atoms with Gasteiger partial charge in [0.25, 0.3) is 0 Å². The molecule has 0 aliphatic carbocycles. The average molecular weight is 318 g/mol. The Hall–Kier alpha value is -1.46. The Morgan fingerprint density at radius 2 is 2.00 bits per heavy atom. The van der Waals surface area contributed by atoms with Crippen LogP contribution in [0.15, 0.2) is 50.7 Å². The minimum atomic E-state index is 0.893. The van der Waals surface area contributed by atoms with E-state index in [0.717, 1.165) is 26.9 Å². The molecule has 0 radical (unpaired) electrons. The van der Waals surface area contributed by atoms with E-state index < -0.39 is 0 Å². The number of halogens is 1. The van der Waals surface area contributed by atoms with Crippen molar-refractivity contribution in [3.8, 4) is 0 Å². The molecule has 0 bridgehead atoms. The van der Waals surface area contributed by atoms with Crippen LogP contribution in [-0.4, -0.2) is 10.2 Å². The van der Waals surface area contributed by atoms with Gasteiger partial charge in [-0.2, -0.15) is 5.10 Å². The van der Waals surface area contributed by atoms with Gasteiger partial charge in [-0.15, -0.1) is 0 Å². The number of fused-ring (bicyclic) bond motifs is 1.